The van der Waals surface area contributed by atoms with E-state index in [9.17, 15) is 9.90 Å². The number of methoxy groups -OCH3 is 1. The molecule has 4 heteroatoms. The molecule has 0 amide bonds. The molecule has 18 heavy (non-hydrogen) atoms. The summed E-state index contributed by atoms with van der Waals surface area (Å²) in [4.78, 5) is 13.9. The number of aliphatic hydroxyl groups excluding tert-OH is 1. The molecule has 0 saturated carbocycles. The Bertz CT molecular complexity index is 416. The molecule has 100 valence electrons. The molecule has 0 bridgehead atoms. The number of likely N-dealkylation sites (N-methyl/N-ethyl adjacent to an activating group) is 1. The van der Waals surface area contributed by atoms with Gasteiger partial charge in [-0.1, -0.05) is 6.07 Å². The summed E-state index contributed by atoms with van der Waals surface area (Å²) in [7, 11) is 3.37. The van der Waals surface area contributed by atoms with E-state index in [1.54, 1.807) is 25.0 Å². The molecule has 0 aliphatic rings. The highest BCUT2D eigenvalue weighted by atomic mass is 16.5. The fourth-order valence-corrected chi connectivity index (χ4v) is 1.87. The molecule has 4 nitrogen and oxygen atoms in total. The van der Waals surface area contributed by atoms with Gasteiger partial charge in [0, 0.05) is 6.54 Å². The lowest BCUT2D eigenvalue weighted by Gasteiger charge is -2.18. The minimum atomic E-state index is -0.442. The summed E-state index contributed by atoms with van der Waals surface area (Å²) in [6.45, 7) is 4.40. The Morgan fingerprint density at radius 3 is 2.72 bits per heavy atom. The van der Waals surface area contributed by atoms with Crippen LogP contribution in [-0.4, -0.2) is 49.1 Å². The number of aliphatic hydroxyl groups is 1. The van der Waals surface area contributed by atoms with E-state index in [4.69, 9.17) is 4.74 Å². The van der Waals surface area contributed by atoms with E-state index in [2.05, 4.69) is 0 Å². The molecule has 1 aromatic carbocycles. The summed E-state index contributed by atoms with van der Waals surface area (Å²) in [5, 5.41) is 9.27. The number of Topliss-reactive ketones (excluding diaryl/α,β-unsaturated/α-hetero) is 1. The number of carbonyl (C=O) groups is 1. The highest BCUT2D eigenvalue weighted by molar-refractivity contribution is 6.00. The predicted molar refractivity (Wildman–Crippen MR) is 71.2 cm³/mol. The van der Waals surface area contributed by atoms with Crippen LogP contribution < -0.4 is 4.74 Å². The Kier molecular flexibility index (Phi) is 5.31. The maximum absolute atomic E-state index is 12.1. The van der Waals surface area contributed by atoms with Crippen molar-refractivity contribution in [2.75, 3.05) is 27.2 Å². The van der Waals surface area contributed by atoms with E-state index in [1.165, 1.54) is 0 Å². The maximum atomic E-state index is 12.1. The van der Waals surface area contributed by atoms with Crippen LogP contribution in [0.2, 0.25) is 0 Å². The molecule has 1 unspecified atom stereocenters. The number of ether oxygens (including phenoxy) is 1. The molecule has 1 atom stereocenters. The van der Waals surface area contributed by atoms with Gasteiger partial charge >= 0.3 is 0 Å². The molecule has 0 saturated heterocycles. The van der Waals surface area contributed by atoms with Gasteiger partial charge < -0.3 is 9.84 Å². The van der Waals surface area contributed by atoms with Gasteiger partial charge in [0.15, 0.2) is 5.78 Å². The van der Waals surface area contributed by atoms with E-state index < -0.39 is 6.10 Å². The molecule has 1 aromatic rings. The van der Waals surface area contributed by atoms with Crippen LogP contribution in [-0.2, 0) is 0 Å². The largest absolute Gasteiger partial charge is 0.496 e. The minimum Gasteiger partial charge on any atom is -0.496 e. The standard InChI is InChI=1S/C14H21NO3/c1-10-5-6-12(14(7-10)18-4)13(17)9-15(3)8-11(2)16/h5-7,11,16H,8-9H2,1-4H3. The van der Waals surface area contributed by atoms with Gasteiger partial charge in [-0.05, 0) is 38.6 Å². The van der Waals surface area contributed by atoms with Crippen molar-refractivity contribution in [1.82, 2.24) is 4.90 Å². The molecule has 0 spiro atoms. The summed E-state index contributed by atoms with van der Waals surface area (Å²) >= 11 is 0. The average Bonchev–Trinajstić information content (AvgIpc) is 2.27. The summed E-state index contributed by atoms with van der Waals surface area (Å²) in [6.07, 6.45) is -0.442. The monoisotopic (exact) mass is 251 g/mol. The highest BCUT2D eigenvalue weighted by Crippen LogP contribution is 2.20. The number of hydrogen-bond acceptors (Lipinski definition) is 4. The molecule has 1 rings (SSSR count). The number of nitrogens with zero attached hydrogens (tertiary/aromatic N) is 1. The second-order valence-corrected chi connectivity index (χ2v) is 4.67. The molecule has 0 aliphatic carbocycles. The van der Waals surface area contributed by atoms with E-state index in [0.717, 1.165) is 5.56 Å². The highest BCUT2D eigenvalue weighted by Gasteiger charge is 2.15. The zero-order chi connectivity index (χ0) is 13.7. The maximum Gasteiger partial charge on any atom is 0.180 e. The lowest BCUT2D eigenvalue weighted by atomic mass is 10.1. The Labute approximate surface area is 108 Å². The third-order valence-corrected chi connectivity index (χ3v) is 2.65. The molecule has 0 aromatic heterocycles. The van der Waals surface area contributed by atoms with E-state index >= 15 is 0 Å². The topological polar surface area (TPSA) is 49.8 Å². The van der Waals surface area contributed by atoms with Gasteiger partial charge in [-0.3, -0.25) is 9.69 Å². The summed E-state index contributed by atoms with van der Waals surface area (Å²) in [6, 6.07) is 5.53. The molecule has 0 aliphatic heterocycles. The van der Waals surface area contributed by atoms with Crippen molar-refractivity contribution in [1.29, 1.82) is 0 Å². The number of carbonyl (C=O) groups excluding carboxylic acids is 1. The van der Waals surface area contributed by atoms with Crippen LogP contribution in [0.5, 0.6) is 5.75 Å². The number of hydrogen-bond donors (Lipinski definition) is 1. The molecule has 1 N–H and O–H groups in total. The van der Waals surface area contributed by atoms with Gasteiger partial charge in [0.2, 0.25) is 0 Å². The van der Waals surface area contributed by atoms with Crippen molar-refractivity contribution in [3.63, 3.8) is 0 Å². The van der Waals surface area contributed by atoms with Crippen molar-refractivity contribution in [3.05, 3.63) is 29.3 Å². The Hall–Kier alpha value is -1.39. The average molecular weight is 251 g/mol. The van der Waals surface area contributed by atoms with Crippen LogP contribution in [0, 0.1) is 6.92 Å². The van der Waals surface area contributed by atoms with Gasteiger partial charge in [-0.25, -0.2) is 0 Å². The molecule has 0 fully saturated rings. The molecule has 0 radical (unpaired) electrons. The normalized spacial score (nSPS) is 12.6. The van der Waals surface area contributed by atoms with Gasteiger partial charge in [-0.15, -0.1) is 0 Å². The first-order valence-corrected chi connectivity index (χ1v) is 5.98. The molecular formula is C14H21NO3. The van der Waals surface area contributed by atoms with Crippen LogP contribution in [0.1, 0.15) is 22.8 Å². The van der Waals surface area contributed by atoms with Gasteiger partial charge in [0.25, 0.3) is 0 Å². The number of rotatable bonds is 6. The summed E-state index contributed by atoms with van der Waals surface area (Å²) in [5.41, 5.74) is 1.64. The van der Waals surface area contributed by atoms with Crippen molar-refractivity contribution in [3.8, 4) is 5.75 Å². The zero-order valence-electron chi connectivity index (χ0n) is 11.4. The predicted octanol–water partition coefficient (Wildman–Crippen LogP) is 1.50. The van der Waals surface area contributed by atoms with Crippen molar-refractivity contribution < 1.29 is 14.6 Å². The number of benzene rings is 1. The second kappa shape index (κ2) is 6.52. The fraction of sp³-hybridized carbons (Fsp3) is 0.500. The van der Waals surface area contributed by atoms with Gasteiger partial charge in [0.1, 0.15) is 5.75 Å². The van der Waals surface area contributed by atoms with E-state index in [-0.39, 0.29) is 12.3 Å². The van der Waals surface area contributed by atoms with Crippen LogP contribution in [0.3, 0.4) is 0 Å². The second-order valence-electron chi connectivity index (χ2n) is 4.67. The lowest BCUT2D eigenvalue weighted by Crippen LogP contribution is -2.32. The van der Waals surface area contributed by atoms with Gasteiger partial charge in [-0.2, -0.15) is 0 Å². The van der Waals surface area contributed by atoms with Crippen LogP contribution in [0.25, 0.3) is 0 Å². The van der Waals surface area contributed by atoms with Crippen molar-refractivity contribution in [2.24, 2.45) is 0 Å². The van der Waals surface area contributed by atoms with Crippen molar-refractivity contribution >= 4 is 5.78 Å². The number of ketones is 1. The first-order valence-electron chi connectivity index (χ1n) is 5.98. The smallest absolute Gasteiger partial charge is 0.180 e. The Morgan fingerprint density at radius 1 is 1.50 bits per heavy atom. The SMILES string of the molecule is COc1cc(C)ccc1C(=O)CN(C)CC(C)O. The lowest BCUT2D eigenvalue weighted by molar-refractivity contribution is 0.0898. The Morgan fingerprint density at radius 2 is 2.17 bits per heavy atom. The molecular weight excluding hydrogens is 230 g/mol. The fourth-order valence-electron chi connectivity index (χ4n) is 1.87. The first kappa shape index (κ1) is 14.7. The van der Waals surface area contributed by atoms with Crippen LogP contribution >= 0.6 is 0 Å². The first-order chi connectivity index (χ1) is 8.43. The third kappa shape index (κ3) is 4.13. The van der Waals surface area contributed by atoms with E-state index in [1.807, 2.05) is 26.1 Å². The van der Waals surface area contributed by atoms with Crippen LogP contribution in [0.4, 0.5) is 0 Å². The minimum absolute atomic E-state index is 0.00463. The van der Waals surface area contributed by atoms with Crippen molar-refractivity contribution in [2.45, 2.75) is 20.0 Å². The van der Waals surface area contributed by atoms with Crippen LogP contribution in [0.15, 0.2) is 18.2 Å². The number of aryl methyl sites for hydroxylation is 1. The zero-order valence-corrected chi connectivity index (χ0v) is 11.4. The Balaban J connectivity index is 2.78. The summed E-state index contributed by atoms with van der Waals surface area (Å²) in [5.74, 6) is 0.598. The quantitative estimate of drug-likeness (QED) is 0.778. The van der Waals surface area contributed by atoms with Gasteiger partial charge in [0.05, 0.1) is 25.3 Å². The molecule has 0 heterocycles. The third-order valence-electron chi connectivity index (χ3n) is 2.65. The summed E-state index contributed by atoms with van der Waals surface area (Å²) < 4.78 is 5.22. The van der Waals surface area contributed by atoms with E-state index in [0.29, 0.717) is 17.9 Å².